The summed E-state index contributed by atoms with van der Waals surface area (Å²) in [4.78, 5) is 12.2. The lowest BCUT2D eigenvalue weighted by molar-refractivity contribution is -0.128. The second kappa shape index (κ2) is 5.28. The molecule has 3 heteroatoms. The van der Waals surface area contributed by atoms with Crippen molar-refractivity contribution < 1.29 is 9.53 Å². The molecule has 1 aliphatic carbocycles. The van der Waals surface area contributed by atoms with Crippen LogP contribution in [0.4, 0.5) is 0 Å². The summed E-state index contributed by atoms with van der Waals surface area (Å²) in [5.41, 5.74) is 5.89. The Bertz CT molecular complexity index is 246. The first-order valence-electron chi connectivity index (χ1n) is 6.59. The zero-order valence-electron chi connectivity index (χ0n) is 10.2. The molecule has 0 amide bonds. The zero-order valence-corrected chi connectivity index (χ0v) is 10.2. The van der Waals surface area contributed by atoms with Gasteiger partial charge < -0.3 is 10.5 Å². The lowest BCUT2D eigenvalue weighted by Crippen LogP contribution is -2.38. The van der Waals surface area contributed by atoms with Gasteiger partial charge in [0.15, 0.2) is 0 Å². The van der Waals surface area contributed by atoms with Crippen molar-refractivity contribution in [3.05, 3.63) is 0 Å². The largest absolute Gasteiger partial charge is 0.379 e. The van der Waals surface area contributed by atoms with Gasteiger partial charge in [0.05, 0.1) is 19.1 Å². The Labute approximate surface area is 97.7 Å². The molecule has 2 fully saturated rings. The first kappa shape index (κ1) is 12.1. The number of carbonyl (C=O) groups excluding carboxylic acids is 1. The third kappa shape index (κ3) is 2.46. The van der Waals surface area contributed by atoms with Crippen molar-refractivity contribution >= 4 is 5.78 Å². The second-order valence-electron chi connectivity index (χ2n) is 5.34. The van der Waals surface area contributed by atoms with E-state index in [1.807, 2.05) is 0 Å². The van der Waals surface area contributed by atoms with Gasteiger partial charge in [0.25, 0.3) is 0 Å². The highest BCUT2D eigenvalue weighted by atomic mass is 16.5. The summed E-state index contributed by atoms with van der Waals surface area (Å²) in [5.74, 6) is 1.46. The van der Waals surface area contributed by atoms with Crippen LogP contribution in [0.1, 0.15) is 39.0 Å². The van der Waals surface area contributed by atoms with Crippen molar-refractivity contribution in [1.82, 2.24) is 0 Å². The fourth-order valence-corrected chi connectivity index (χ4v) is 3.02. The van der Waals surface area contributed by atoms with Crippen molar-refractivity contribution in [3.8, 4) is 0 Å². The molecule has 16 heavy (non-hydrogen) atoms. The molecule has 3 nitrogen and oxygen atoms in total. The predicted octanol–water partition coefficient (Wildman–Crippen LogP) is 1.75. The molecular formula is C13H23NO2. The third-order valence-electron chi connectivity index (χ3n) is 4.32. The van der Waals surface area contributed by atoms with E-state index in [0.29, 0.717) is 19.0 Å². The highest BCUT2D eigenvalue weighted by molar-refractivity contribution is 5.84. The van der Waals surface area contributed by atoms with Crippen LogP contribution < -0.4 is 5.73 Å². The van der Waals surface area contributed by atoms with Crippen LogP contribution in [0, 0.1) is 17.8 Å². The number of nitrogens with two attached hydrogens (primary N) is 1. The molecule has 2 atom stereocenters. The van der Waals surface area contributed by atoms with Gasteiger partial charge in [-0.05, 0) is 31.6 Å². The van der Waals surface area contributed by atoms with Gasteiger partial charge in [0.2, 0.25) is 0 Å². The third-order valence-corrected chi connectivity index (χ3v) is 4.32. The molecule has 1 heterocycles. The van der Waals surface area contributed by atoms with Crippen LogP contribution in [0.5, 0.6) is 0 Å². The predicted molar refractivity (Wildman–Crippen MR) is 63.0 cm³/mol. The van der Waals surface area contributed by atoms with Crippen LogP contribution >= 0.6 is 0 Å². The Hall–Kier alpha value is -0.410. The summed E-state index contributed by atoms with van der Waals surface area (Å²) in [6, 6.07) is -0.0589. The van der Waals surface area contributed by atoms with Crippen molar-refractivity contribution in [1.29, 1.82) is 0 Å². The Morgan fingerprint density at radius 3 is 2.44 bits per heavy atom. The topological polar surface area (TPSA) is 52.3 Å². The minimum atomic E-state index is -0.0589. The maximum absolute atomic E-state index is 12.2. The number of ketones is 1. The Balaban J connectivity index is 1.86. The number of hydrogen-bond acceptors (Lipinski definition) is 3. The smallest absolute Gasteiger partial charge is 0.142 e. The normalized spacial score (nSPS) is 39.9. The Morgan fingerprint density at radius 1 is 1.25 bits per heavy atom. The first-order valence-corrected chi connectivity index (χ1v) is 6.59. The molecule has 1 saturated heterocycles. The molecule has 0 aromatic rings. The molecule has 0 radical (unpaired) electrons. The number of carbonyl (C=O) groups is 1. The van der Waals surface area contributed by atoms with Crippen LogP contribution in [0.3, 0.4) is 0 Å². The van der Waals surface area contributed by atoms with Gasteiger partial charge in [-0.2, -0.15) is 0 Å². The summed E-state index contributed by atoms with van der Waals surface area (Å²) in [5, 5.41) is 0. The summed E-state index contributed by atoms with van der Waals surface area (Å²) < 4.78 is 5.28. The summed E-state index contributed by atoms with van der Waals surface area (Å²) in [7, 11) is 0. The van der Waals surface area contributed by atoms with Gasteiger partial charge in [-0.15, -0.1) is 0 Å². The lowest BCUT2D eigenvalue weighted by atomic mass is 9.76. The Morgan fingerprint density at radius 2 is 1.94 bits per heavy atom. The minimum Gasteiger partial charge on any atom is -0.379 e. The van der Waals surface area contributed by atoms with E-state index in [9.17, 15) is 4.79 Å². The van der Waals surface area contributed by atoms with Crippen molar-refractivity contribution in [2.75, 3.05) is 13.2 Å². The fraction of sp³-hybridized carbons (Fsp3) is 0.923. The molecule has 0 aromatic carbocycles. The van der Waals surface area contributed by atoms with Crippen LogP contribution in [-0.2, 0) is 9.53 Å². The average molecular weight is 225 g/mol. The van der Waals surface area contributed by atoms with Gasteiger partial charge in [0, 0.05) is 12.0 Å². The quantitative estimate of drug-likeness (QED) is 0.796. The number of ether oxygens (including phenoxy) is 1. The zero-order chi connectivity index (χ0) is 11.5. The molecule has 1 aliphatic heterocycles. The molecule has 2 rings (SSSR count). The molecule has 2 N–H and O–H groups in total. The van der Waals surface area contributed by atoms with Crippen molar-refractivity contribution in [3.63, 3.8) is 0 Å². The number of Topliss-reactive ketones (excluding diaryl/α,β-unsaturated/α-hetero) is 1. The first-order chi connectivity index (χ1) is 7.72. The molecule has 0 spiro atoms. The lowest BCUT2D eigenvalue weighted by Gasteiger charge is -2.28. The van der Waals surface area contributed by atoms with E-state index in [4.69, 9.17) is 10.5 Å². The van der Waals surface area contributed by atoms with Crippen molar-refractivity contribution in [2.24, 2.45) is 23.5 Å². The highest BCUT2D eigenvalue weighted by Crippen LogP contribution is 2.33. The van der Waals surface area contributed by atoms with Crippen LogP contribution in [0.25, 0.3) is 0 Å². The Kier molecular flexibility index (Phi) is 3.98. The standard InChI is InChI=1S/C13H23NO2/c1-2-9-3-5-10(6-4-9)13(15)11-7-16-8-12(11)14/h9-12H,2-8,14H2,1H3. The molecule has 1 saturated carbocycles. The van der Waals surface area contributed by atoms with Crippen LogP contribution in [0.2, 0.25) is 0 Å². The molecule has 0 bridgehead atoms. The molecule has 0 aromatic heterocycles. The van der Waals surface area contributed by atoms with Gasteiger partial charge in [-0.25, -0.2) is 0 Å². The average Bonchev–Trinajstić information content (AvgIpc) is 2.75. The monoisotopic (exact) mass is 225 g/mol. The minimum absolute atomic E-state index is 0.0248. The van der Waals surface area contributed by atoms with E-state index in [1.54, 1.807) is 0 Å². The fourth-order valence-electron chi connectivity index (χ4n) is 3.02. The molecule has 2 unspecified atom stereocenters. The summed E-state index contributed by atoms with van der Waals surface area (Å²) in [6.07, 6.45) is 5.83. The maximum atomic E-state index is 12.2. The van der Waals surface area contributed by atoms with E-state index in [-0.39, 0.29) is 17.9 Å². The molecule has 92 valence electrons. The summed E-state index contributed by atoms with van der Waals surface area (Å²) in [6.45, 7) is 3.35. The highest BCUT2D eigenvalue weighted by Gasteiger charge is 2.36. The maximum Gasteiger partial charge on any atom is 0.142 e. The molecular weight excluding hydrogens is 202 g/mol. The van der Waals surface area contributed by atoms with E-state index < -0.39 is 0 Å². The molecule has 2 aliphatic rings. The van der Waals surface area contributed by atoms with Crippen LogP contribution in [-0.4, -0.2) is 25.0 Å². The SMILES string of the molecule is CCC1CCC(C(=O)C2COCC2N)CC1. The van der Waals surface area contributed by atoms with Crippen LogP contribution in [0.15, 0.2) is 0 Å². The van der Waals surface area contributed by atoms with Gasteiger partial charge >= 0.3 is 0 Å². The van der Waals surface area contributed by atoms with Gasteiger partial charge in [-0.1, -0.05) is 13.3 Å². The second-order valence-corrected chi connectivity index (χ2v) is 5.34. The van der Waals surface area contributed by atoms with Gasteiger partial charge in [-0.3, -0.25) is 4.79 Å². The van der Waals surface area contributed by atoms with E-state index in [0.717, 1.165) is 18.8 Å². The van der Waals surface area contributed by atoms with Gasteiger partial charge in [0.1, 0.15) is 5.78 Å². The van der Waals surface area contributed by atoms with E-state index >= 15 is 0 Å². The van der Waals surface area contributed by atoms with E-state index in [1.165, 1.54) is 19.3 Å². The van der Waals surface area contributed by atoms with Crippen molar-refractivity contribution in [2.45, 2.75) is 45.1 Å². The number of hydrogen-bond donors (Lipinski definition) is 1. The number of rotatable bonds is 3. The van der Waals surface area contributed by atoms with E-state index in [2.05, 4.69) is 6.92 Å². The summed E-state index contributed by atoms with van der Waals surface area (Å²) >= 11 is 0.